The number of phenols is 1. The zero-order valence-electron chi connectivity index (χ0n) is 13.2. The minimum absolute atomic E-state index is 0.0875. The van der Waals surface area contributed by atoms with Crippen molar-refractivity contribution >= 4 is 34.6 Å². The van der Waals surface area contributed by atoms with E-state index in [0.717, 1.165) is 10.9 Å². The number of pyridine rings is 1. The van der Waals surface area contributed by atoms with Crippen LogP contribution in [-0.4, -0.2) is 29.3 Å². The predicted octanol–water partition coefficient (Wildman–Crippen LogP) is 3.37. The zero-order chi connectivity index (χ0) is 17.8. The van der Waals surface area contributed by atoms with Gasteiger partial charge in [-0.25, -0.2) is 10.4 Å². The molecule has 25 heavy (non-hydrogen) atoms. The van der Waals surface area contributed by atoms with Gasteiger partial charge < -0.3 is 9.84 Å². The summed E-state index contributed by atoms with van der Waals surface area (Å²) in [6, 6.07) is 13.1. The molecule has 0 radical (unpaired) electrons. The summed E-state index contributed by atoms with van der Waals surface area (Å²) in [5, 5.41) is 14.3. The van der Waals surface area contributed by atoms with Crippen LogP contribution in [0.1, 0.15) is 15.9 Å². The summed E-state index contributed by atoms with van der Waals surface area (Å²) in [4.78, 5) is 16.3. The van der Waals surface area contributed by atoms with Crippen molar-refractivity contribution in [2.24, 2.45) is 5.10 Å². The van der Waals surface area contributed by atoms with E-state index < -0.39 is 5.91 Å². The third-order valence-corrected chi connectivity index (χ3v) is 3.80. The van der Waals surface area contributed by atoms with E-state index in [9.17, 15) is 9.90 Å². The summed E-state index contributed by atoms with van der Waals surface area (Å²) in [5.74, 6) is 0.396. The summed E-state index contributed by atoms with van der Waals surface area (Å²) in [6.45, 7) is 0. The molecule has 0 bridgehead atoms. The van der Waals surface area contributed by atoms with Crippen LogP contribution in [0.5, 0.6) is 11.5 Å². The van der Waals surface area contributed by atoms with Gasteiger partial charge in [0.15, 0.2) is 0 Å². The van der Waals surface area contributed by atoms with Crippen molar-refractivity contribution in [2.75, 3.05) is 7.11 Å². The average Bonchev–Trinajstić information content (AvgIpc) is 2.62. The number of rotatable bonds is 4. The Labute approximate surface area is 148 Å². The first kappa shape index (κ1) is 16.7. The zero-order valence-corrected chi connectivity index (χ0v) is 14.0. The number of nitrogens with zero attached hydrogens (tertiary/aromatic N) is 2. The van der Waals surface area contributed by atoms with Crippen LogP contribution in [0.4, 0.5) is 0 Å². The molecule has 0 aliphatic heterocycles. The Morgan fingerprint density at radius 3 is 2.72 bits per heavy atom. The molecule has 2 aromatic carbocycles. The number of amides is 1. The molecule has 7 heteroatoms. The Bertz CT molecular complexity index is 956. The Morgan fingerprint density at radius 2 is 2.00 bits per heavy atom. The normalized spacial score (nSPS) is 11.0. The molecule has 0 fully saturated rings. The number of carbonyl (C=O) groups excluding carboxylic acids is 1. The second-order valence-corrected chi connectivity index (χ2v) is 5.53. The maximum absolute atomic E-state index is 12.0. The van der Waals surface area contributed by atoms with Crippen LogP contribution in [0.2, 0.25) is 5.15 Å². The molecule has 3 rings (SSSR count). The molecule has 1 amide bonds. The molecule has 0 saturated heterocycles. The molecule has 2 N–H and O–H groups in total. The molecule has 126 valence electrons. The van der Waals surface area contributed by atoms with Gasteiger partial charge in [0.25, 0.3) is 5.91 Å². The molecule has 0 aliphatic carbocycles. The van der Waals surface area contributed by atoms with E-state index in [1.165, 1.54) is 30.5 Å². The molecule has 0 spiro atoms. The molecular weight excluding hydrogens is 342 g/mol. The van der Waals surface area contributed by atoms with Crippen LogP contribution in [0.3, 0.4) is 0 Å². The SMILES string of the molecule is COc1ccc2nc(Cl)c(/C=N\NC(=O)c3ccc(O)cc3)cc2c1. The number of hydrogen-bond donors (Lipinski definition) is 2. The second-order valence-electron chi connectivity index (χ2n) is 5.17. The number of methoxy groups -OCH3 is 1. The number of hydrazone groups is 1. The minimum Gasteiger partial charge on any atom is -0.508 e. The first-order chi connectivity index (χ1) is 12.1. The molecule has 0 atom stereocenters. The monoisotopic (exact) mass is 355 g/mol. The molecule has 6 nitrogen and oxygen atoms in total. The third kappa shape index (κ3) is 3.87. The van der Waals surface area contributed by atoms with Gasteiger partial charge in [0.1, 0.15) is 16.7 Å². The van der Waals surface area contributed by atoms with Crippen molar-refractivity contribution in [3.05, 3.63) is 64.8 Å². The Kier molecular flexibility index (Phi) is 4.81. The third-order valence-electron chi connectivity index (χ3n) is 3.50. The van der Waals surface area contributed by atoms with Gasteiger partial charge in [-0.2, -0.15) is 5.10 Å². The quantitative estimate of drug-likeness (QED) is 0.427. The Hall–Kier alpha value is -3.12. The number of fused-ring (bicyclic) bond motifs is 1. The van der Waals surface area contributed by atoms with Gasteiger partial charge in [0, 0.05) is 16.5 Å². The van der Waals surface area contributed by atoms with E-state index in [1.807, 2.05) is 18.2 Å². The fraction of sp³-hybridized carbons (Fsp3) is 0.0556. The number of ether oxygens (including phenoxy) is 1. The standard InChI is InChI=1S/C18H14ClN3O3/c1-25-15-6-7-16-12(9-15)8-13(17(19)21-16)10-20-22-18(24)11-2-4-14(23)5-3-11/h2-10,23H,1H3,(H,22,24)/b20-10-. The maximum atomic E-state index is 12.0. The molecule has 1 aromatic heterocycles. The van der Waals surface area contributed by atoms with Crippen LogP contribution in [-0.2, 0) is 0 Å². The number of aromatic hydroxyl groups is 1. The van der Waals surface area contributed by atoms with Crippen molar-refractivity contribution in [3.8, 4) is 11.5 Å². The largest absolute Gasteiger partial charge is 0.508 e. The highest BCUT2D eigenvalue weighted by Crippen LogP contribution is 2.23. The predicted molar refractivity (Wildman–Crippen MR) is 96.5 cm³/mol. The highest BCUT2D eigenvalue weighted by atomic mass is 35.5. The Morgan fingerprint density at radius 1 is 1.24 bits per heavy atom. The Balaban J connectivity index is 1.79. The van der Waals surface area contributed by atoms with Crippen LogP contribution in [0, 0.1) is 0 Å². The lowest BCUT2D eigenvalue weighted by Gasteiger charge is -2.05. The first-order valence-electron chi connectivity index (χ1n) is 7.33. The highest BCUT2D eigenvalue weighted by Gasteiger charge is 2.06. The van der Waals surface area contributed by atoms with E-state index >= 15 is 0 Å². The van der Waals surface area contributed by atoms with E-state index in [0.29, 0.717) is 16.9 Å². The molecule has 0 aliphatic rings. The van der Waals surface area contributed by atoms with Crippen molar-refractivity contribution in [1.82, 2.24) is 10.4 Å². The number of aromatic nitrogens is 1. The topological polar surface area (TPSA) is 83.8 Å². The number of benzene rings is 2. The van der Waals surface area contributed by atoms with Crippen molar-refractivity contribution in [3.63, 3.8) is 0 Å². The van der Waals surface area contributed by atoms with Gasteiger partial charge in [-0.3, -0.25) is 4.79 Å². The van der Waals surface area contributed by atoms with Gasteiger partial charge in [0.05, 0.1) is 18.8 Å². The van der Waals surface area contributed by atoms with Crippen LogP contribution in [0.25, 0.3) is 10.9 Å². The number of halogens is 1. The summed E-state index contributed by atoms with van der Waals surface area (Å²) < 4.78 is 5.19. The number of carbonyl (C=O) groups is 1. The number of hydrogen-bond acceptors (Lipinski definition) is 5. The average molecular weight is 356 g/mol. The fourth-order valence-electron chi connectivity index (χ4n) is 2.20. The highest BCUT2D eigenvalue weighted by molar-refractivity contribution is 6.32. The van der Waals surface area contributed by atoms with Crippen molar-refractivity contribution < 1.29 is 14.6 Å². The summed E-state index contributed by atoms with van der Waals surface area (Å²) >= 11 is 6.15. The van der Waals surface area contributed by atoms with E-state index in [2.05, 4.69) is 15.5 Å². The molecule has 1 heterocycles. The minimum atomic E-state index is -0.400. The maximum Gasteiger partial charge on any atom is 0.271 e. The summed E-state index contributed by atoms with van der Waals surface area (Å²) in [5.41, 5.74) is 4.08. The van der Waals surface area contributed by atoms with Crippen LogP contribution in [0.15, 0.2) is 53.6 Å². The summed E-state index contributed by atoms with van der Waals surface area (Å²) in [6.07, 6.45) is 1.42. The van der Waals surface area contributed by atoms with E-state index in [-0.39, 0.29) is 10.9 Å². The number of phenolic OH excluding ortho intramolecular Hbond substituents is 1. The van der Waals surface area contributed by atoms with Crippen LogP contribution < -0.4 is 10.2 Å². The van der Waals surface area contributed by atoms with E-state index in [4.69, 9.17) is 16.3 Å². The van der Waals surface area contributed by atoms with Crippen molar-refractivity contribution in [2.45, 2.75) is 0 Å². The second kappa shape index (κ2) is 7.19. The lowest BCUT2D eigenvalue weighted by atomic mass is 10.1. The van der Waals surface area contributed by atoms with Gasteiger partial charge in [-0.05, 0) is 48.5 Å². The van der Waals surface area contributed by atoms with Gasteiger partial charge in [-0.15, -0.1) is 0 Å². The first-order valence-corrected chi connectivity index (χ1v) is 7.71. The molecule has 0 saturated carbocycles. The smallest absolute Gasteiger partial charge is 0.271 e. The molecule has 0 unspecified atom stereocenters. The van der Waals surface area contributed by atoms with E-state index in [1.54, 1.807) is 13.2 Å². The van der Waals surface area contributed by atoms with Gasteiger partial charge in [0.2, 0.25) is 0 Å². The lowest BCUT2D eigenvalue weighted by molar-refractivity contribution is 0.0955. The number of nitrogens with one attached hydrogen (secondary N) is 1. The summed E-state index contributed by atoms with van der Waals surface area (Å²) in [7, 11) is 1.59. The van der Waals surface area contributed by atoms with Gasteiger partial charge >= 0.3 is 0 Å². The van der Waals surface area contributed by atoms with Gasteiger partial charge in [-0.1, -0.05) is 11.6 Å². The van der Waals surface area contributed by atoms with Crippen molar-refractivity contribution in [1.29, 1.82) is 0 Å². The fourth-order valence-corrected chi connectivity index (χ4v) is 2.40. The molecular formula is C18H14ClN3O3. The van der Waals surface area contributed by atoms with Crippen LogP contribution >= 0.6 is 11.6 Å². The lowest BCUT2D eigenvalue weighted by Crippen LogP contribution is -2.17. The molecule has 3 aromatic rings.